The number of benzene rings is 2. The summed E-state index contributed by atoms with van der Waals surface area (Å²) in [6, 6.07) is 12.8. The number of carbonyl (C=O) groups is 1. The zero-order chi connectivity index (χ0) is 19.3. The molecule has 144 valence electrons. The number of fused-ring (bicyclic) bond motifs is 1. The molecule has 0 saturated heterocycles. The van der Waals surface area contributed by atoms with Crippen LogP contribution in [0, 0.1) is 0 Å². The third-order valence-corrected chi connectivity index (χ3v) is 6.07. The molecule has 2 N–H and O–H groups in total. The van der Waals surface area contributed by atoms with E-state index in [0.717, 1.165) is 5.56 Å². The molecule has 1 aliphatic rings. The fraction of sp³-hybridized carbons (Fsp3) is 0.316. The third-order valence-electron chi connectivity index (χ3n) is 4.24. The molecule has 0 aliphatic carbocycles. The smallest absolute Gasteiger partial charge is 0.315 e. The highest BCUT2D eigenvalue weighted by Crippen LogP contribution is 2.32. The normalized spacial score (nSPS) is 13.8. The highest BCUT2D eigenvalue weighted by atomic mass is 32.2. The quantitative estimate of drug-likeness (QED) is 0.757. The van der Waals surface area contributed by atoms with Crippen LogP contribution in [0.4, 0.5) is 4.79 Å². The second-order valence-corrected chi connectivity index (χ2v) is 8.25. The van der Waals surface area contributed by atoms with Gasteiger partial charge >= 0.3 is 6.03 Å². The standard InChI is InChI=1S/C19H22N2O5S/c1-2-15(12-27(23,24)16-6-4-3-5-7-16)21-19(22)20-11-14-8-9-17-18(10-14)26-13-25-17/h3-10,15H,2,11-13H2,1H3,(H2,20,21,22)/t15-/m0/s1. The van der Waals surface area contributed by atoms with Crippen LogP contribution < -0.4 is 20.1 Å². The SMILES string of the molecule is CC[C@@H](CS(=O)(=O)c1ccccc1)NC(=O)NCc1ccc2c(c1)OCO2. The van der Waals surface area contributed by atoms with Gasteiger partial charge in [0.1, 0.15) is 0 Å². The van der Waals surface area contributed by atoms with E-state index in [1.807, 2.05) is 13.0 Å². The largest absolute Gasteiger partial charge is 0.454 e. The van der Waals surface area contributed by atoms with Gasteiger partial charge in [-0.25, -0.2) is 13.2 Å². The minimum atomic E-state index is -3.46. The lowest BCUT2D eigenvalue weighted by atomic mass is 10.2. The zero-order valence-corrected chi connectivity index (χ0v) is 15.8. The lowest BCUT2D eigenvalue weighted by molar-refractivity contribution is 0.174. The van der Waals surface area contributed by atoms with E-state index >= 15 is 0 Å². The monoisotopic (exact) mass is 390 g/mol. The Morgan fingerprint density at radius 3 is 2.59 bits per heavy atom. The van der Waals surface area contributed by atoms with Crippen molar-refractivity contribution in [2.75, 3.05) is 12.5 Å². The van der Waals surface area contributed by atoms with E-state index in [4.69, 9.17) is 9.47 Å². The number of amides is 2. The van der Waals surface area contributed by atoms with E-state index < -0.39 is 21.9 Å². The summed E-state index contributed by atoms with van der Waals surface area (Å²) in [5.41, 5.74) is 0.861. The van der Waals surface area contributed by atoms with Crippen molar-refractivity contribution in [2.45, 2.75) is 30.8 Å². The summed E-state index contributed by atoms with van der Waals surface area (Å²) in [4.78, 5) is 12.4. The first-order valence-corrected chi connectivity index (χ1v) is 10.3. The lowest BCUT2D eigenvalue weighted by Gasteiger charge is -2.18. The number of urea groups is 1. The number of ether oxygens (including phenoxy) is 2. The average molecular weight is 390 g/mol. The molecular weight excluding hydrogens is 368 g/mol. The molecule has 1 atom stereocenters. The van der Waals surface area contributed by atoms with Gasteiger partial charge in [-0.1, -0.05) is 31.2 Å². The molecule has 0 radical (unpaired) electrons. The van der Waals surface area contributed by atoms with Gasteiger partial charge in [0.2, 0.25) is 6.79 Å². The first-order valence-electron chi connectivity index (χ1n) is 8.68. The summed E-state index contributed by atoms with van der Waals surface area (Å²) < 4.78 is 35.5. The molecule has 1 heterocycles. The Labute approximate surface area is 158 Å². The van der Waals surface area contributed by atoms with E-state index in [9.17, 15) is 13.2 Å². The molecule has 2 aromatic carbocycles. The molecule has 3 rings (SSSR count). The number of rotatable bonds is 7. The summed E-state index contributed by atoms with van der Waals surface area (Å²) in [6.45, 7) is 2.33. The van der Waals surface area contributed by atoms with Crippen molar-refractivity contribution in [3.63, 3.8) is 0 Å². The van der Waals surface area contributed by atoms with E-state index in [1.54, 1.807) is 42.5 Å². The zero-order valence-electron chi connectivity index (χ0n) is 15.0. The van der Waals surface area contributed by atoms with Crippen LogP contribution in [0.2, 0.25) is 0 Å². The number of nitrogens with one attached hydrogen (secondary N) is 2. The third kappa shape index (κ3) is 4.91. The summed E-state index contributed by atoms with van der Waals surface area (Å²) in [5.74, 6) is 1.18. The minimum absolute atomic E-state index is 0.148. The number of hydrogen-bond donors (Lipinski definition) is 2. The van der Waals surface area contributed by atoms with Gasteiger partial charge in [0.05, 0.1) is 10.6 Å². The Morgan fingerprint density at radius 2 is 1.85 bits per heavy atom. The Kier molecular flexibility index (Phi) is 5.85. The van der Waals surface area contributed by atoms with Crippen LogP contribution in [0.5, 0.6) is 11.5 Å². The van der Waals surface area contributed by atoms with Crippen LogP contribution in [0.15, 0.2) is 53.4 Å². The Bertz CT molecular complexity index is 900. The van der Waals surface area contributed by atoms with Crippen molar-refractivity contribution < 1.29 is 22.7 Å². The second-order valence-electron chi connectivity index (χ2n) is 6.21. The van der Waals surface area contributed by atoms with Crippen LogP contribution in [0.1, 0.15) is 18.9 Å². The van der Waals surface area contributed by atoms with Crippen LogP contribution in [-0.4, -0.2) is 33.0 Å². The maximum atomic E-state index is 12.5. The Hall–Kier alpha value is -2.74. The summed E-state index contributed by atoms with van der Waals surface area (Å²) in [5, 5.41) is 5.47. The van der Waals surface area contributed by atoms with E-state index in [2.05, 4.69) is 10.6 Å². The molecule has 1 aliphatic heterocycles. The molecule has 0 unspecified atom stereocenters. The van der Waals surface area contributed by atoms with Gasteiger partial charge in [0.25, 0.3) is 0 Å². The van der Waals surface area contributed by atoms with Gasteiger partial charge in [-0.3, -0.25) is 0 Å². The predicted molar refractivity (Wildman–Crippen MR) is 101 cm³/mol. The van der Waals surface area contributed by atoms with Crippen molar-refractivity contribution in [3.05, 3.63) is 54.1 Å². The number of sulfone groups is 1. The Balaban J connectivity index is 1.54. The summed E-state index contributed by atoms with van der Waals surface area (Å²) in [6.07, 6.45) is 0.503. The maximum Gasteiger partial charge on any atom is 0.315 e. The minimum Gasteiger partial charge on any atom is -0.454 e. The number of hydrogen-bond acceptors (Lipinski definition) is 5. The van der Waals surface area contributed by atoms with E-state index in [0.29, 0.717) is 24.5 Å². The van der Waals surface area contributed by atoms with Crippen LogP contribution in [-0.2, 0) is 16.4 Å². The van der Waals surface area contributed by atoms with Gasteiger partial charge in [-0.2, -0.15) is 0 Å². The Morgan fingerprint density at radius 1 is 1.11 bits per heavy atom. The van der Waals surface area contributed by atoms with Gasteiger partial charge in [0, 0.05) is 12.6 Å². The molecule has 7 nitrogen and oxygen atoms in total. The second kappa shape index (κ2) is 8.30. The van der Waals surface area contributed by atoms with Crippen LogP contribution in [0.25, 0.3) is 0 Å². The van der Waals surface area contributed by atoms with E-state index in [-0.39, 0.29) is 17.4 Å². The fourth-order valence-corrected chi connectivity index (χ4v) is 4.33. The van der Waals surface area contributed by atoms with Gasteiger partial charge in [-0.15, -0.1) is 0 Å². The van der Waals surface area contributed by atoms with Crippen molar-refractivity contribution >= 4 is 15.9 Å². The first-order chi connectivity index (χ1) is 13.0. The summed E-state index contributed by atoms with van der Waals surface area (Å²) >= 11 is 0. The molecule has 0 saturated carbocycles. The fourth-order valence-electron chi connectivity index (χ4n) is 2.72. The van der Waals surface area contributed by atoms with E-state index in [1.165, 1.54) is 0 Å². The molecule has 8 heteroatoms. The van der Waals surface area contributed by atoms with Crippen molar-refractivity contribution in [1.29, 1.82) is 0 Å². The van der Waals surface area contributed by atoms with Crippen molar-refractivity contribution in [2.24, 2.45) is 0 Å². The van der Waals surface area contributed by atoms with Crippen molar-refractivity contribution in [3.8, 4) is 11.5 Å². The number of carbonyl (C=O) groups excluding carboxylic acids is 1. The topological polar surface area (TPSA) is 93.7 Å². The van der Waals surface area contributed by atoms with Crippen LogP contribution >= 0.6 is 0 Å². The molecular formula is C19H22N2O5S. The average Bonchev–Trinajstić information content (AvgIpc) is 3.14. The molecule has 0 spiro atoms. The maximum absolute atomic E-state index is 12.5. The molecule has 2 amide bonds. The lowest BCUT2D eigenvalue weighted by Crippen LogP contribution is -2.44. The van der Waals surface area contributed by atoms with Gasteiger partial charge < -0.3 is 20.1 Å². The molecule has 2 aromatic rings. The highest BCUT2D eigenvalue weighted by molar-refractivity contribution is 7.91. The molecule has 0 aromatic heterocycles. The highest BCUT2D eigenvalue weighted by Gasteiger charge is 2.21. The first kappa shape index (κ1) is 19.0. The molecule has 0 fully saturated rings. The predicted octanol–water partition coefficient (Wildman–Crippen LogP) is 2.47. The van der Waals surface area contributed by atoms with Gasteiger partial charge in [-0.05, 0) is 36.2 Å². The van der Waals surface area contributed by atoms with Crippen LogP contribution in [0.3, 0.4) is 0 Å². The molecule has 27 heavy (non-hydrogen) atoms. The molecule has 0 bridgehead atoms. The van der Waals surface area contributed by atoms with Crippen molar-refractivity contribution in [1.82, 2.24) is 10.6 Å². The van der Waals surface area contributed by atoms with Gasteiger partial charge in [0.15, 0.2) is 21.3 Å². The summed E-state index contributed by atoms with van der Waals surface area (Å²) in [7, 11) is -3.46.